The molecule has 20 heavy (non-hydrogen) atoms. The van der Waals surface area contributed by atoms with Crippen LogP contribution in [-0.4, -0.2) is 13.2 Å². The molecule has 2 aromatic carbocycles. The molecule has 2 N–H and O–H groups in total. The summed E-state index contributed by atoms with van der Waals surface area (Å²) >= 11 is 0. The Hall–Kier alpha value is -2.23. The second-order valence-electron chi connectivity index (χ2n) is 4.48. The van der Waals surface area contributed by atoms with Crippen molar-refractivity contribution in [2.45, 2.75) is 13.3 Å². The molecule has 0 aliphatic carbocycles. The van der Waals surface area contributed by atoms with Crippen LogP contribution in [0, 0.1) is 12.7 Å². The van der Waals surface area contributed by atoms with Crippen LogP contribution in [-0.2, 0) is 0 Å². The summed E-state index contributed by atoms with van der Waals surface area (Å²) in [5.41, 5.74) is 6.95. The van der Waals surface area contributed by atoms with E-state index in [4.69, 9.17) is 15.2 Å². The van der Waals surface area contributed by atoms with Crippen molar-refractivity contribution in [1.82, 2.24) is 0 Å². The second-order valence-corrected chi connectivity index (χ2v) is 4.48. The van der Waals surface area contributed by atoms with Crippen molar-refractivity contribution in [2.75, 3.05) is 18.9 Å². The molecule has 0 aliphatic heterocycles. The molecule has 0 bridgehead atoms. The summed E-state index contributed by atoms with van der Waals surface area (Å²) in [7, 11) is 0. The molecule has 2 aromatic rings. The van der Waals surface area contributed by atoms with E-state index in [1.54, 1.807) is 31.2 Å². The SMILES string of the molecule is Cc1cccc(OCCCOc2ccccc2N)c1F. The maximum absolute atomic E-state index is 13.7. The van der Waals surface area contributed by atoms with Gasteiger partial charge in [0.1, 0.15) is 5.75 Å². The molecular formula is C16H18FNO2. The predicted molar refractivity (Wildman–Crippen MR) is 77.6 cm³/mol. The highest BCUT2D eigenvalue weighted by atomic mass is 19.1. The third-order valence-electron chi connectivity index (χ3n) is 2.88. The van der Waals surface area contributed by atoms with Crippen LogP contribution in [0.5, 0.6) is 11.5 Å². The summed E-state index contributed by atoms with van der Waals surface area (Å²) in [6.45, 7) is 2.58. The zero-order chi connectivity index (χ0) is 14.4. The number of hydrogen-bond acceptors (Lipinski definition) is 3. The molecule has 0 saturated carbocycles. The van der Waals surface area contributed by atoms with Crippen LogP contribution >= 0.6 is 0 Å². The molecule has 0 heterocycles. The molecule has 0 aromatic heterocycles. The van der Waals surface area contributed by atoms with E-state index >= 15 is 0 Å². The van der Waals surface area contributed by atoms with Gasteiger partial charge < -0.3 is 15.2 Å². The van der Waals surface area contributed by atoms with Gasteiger partial charge in [0.2, 0.25) is 0 Å². The highest BCUT2D eigenvalue weighted by molar-refractivity contribution is 5.51. The topological polar surface area (TPSA) is 44.5 Å². The summed E-state index contributed by atoms with van der Waals surface area (Å²) in [4.78, 5) is 0. The lowest BCUT2D eigenvalue weighted by Crippen LogP contribution is -2.07. The number of nitrogen functional groups attached to an aromatic ring is 1. The van der Waals surface area contributed by atoms with Crippen molar-refractivity contribution in [3.63, 3.8) is 0 Å². The first-order valence-corrected chi connectivity index (χ1v) is 6.53. The maximum Gasteiger partial charge on any atom is 0.167 e. The highest BCUT2D eigenvalue weighted by Gasteiger charge is 2.05. The van der Waals surface area contributed by atoms with Crippen LogP contribution in [0.4, 0.5) is 10.1 Å². The van der Waals surface area contributed by atoms with Gasteiger partial charge in [0.05, 0.1) is 18.9 Å². The van der Waals surface area contributed by atoms with Crippen molar-refractivity contribution < 1.29 is 13.9 Å². The van der Waals surface area contributed by atoms with Crippen molar-refractivity contribution in [1.29, 1.82) is 0 Å². The van der Waals surface area contributed by atoms with Gasteiger partial charge in [-0.1, -0.05) is 24.3 Å². The van der Waals surface area contributed by atoms with Crippen LogP contribution in [0.2, 0.25) is 0 Å². The third kappa shape index (κ3) is 3.63. The van der Waals surface area contributed by atoms with Crippen molar-refractivity contribution in [2.24, 2.45) is 0 Å². The normalized spacial score (nSPS) is 10.3. The van der Waals surface area contributed by atoms with Crippen LogP contribution in [0.1, 0.15) is 12.0 Å². The number of hydrogen-bond donors (Lipinski definition) is 1. The molecule has 0 unspecified atom stereocenters. The van der Waals surface area contributed by atoms with Gasteiger partial charge >= 0.3 is 0 Å². The molecule has 2 rings (SSSR count). The number of rotatable bonds is 6. The fourth-order valence-corrected chi connectivity index (χ4v) is 1.77. The second kappa shape index (κ2) is 6.80. The molecule has 3 nitrogen and oxygen atoms in total. The third-order valence-corrected chi connectivity index (χ3v) is 2.88. The summed E-state index contributed by atoms with van der Waals surface area (Å²) in [6, 6.07) is 12.4. The zero-order valence-corrected chi connectivity index (χ0v) is 11.4. The van der Waals surface area contributed by atoms with Gasteiger partial charge in [-0.05, 0) is 30.7 Å². The monoisotopic (exact) mass is 275 g/mol. The first-order chi connectivity index (χ1) is 9.68. The van der Waals surface area contributed by atoms with Gasteiger partial charge in [-0.25, -0.2) is 4.39 Å². The highest BCUT2D eigenvalue weighted by Crippen LogP contribution is 2.21. The van der Waals surface area contributed by atoms with Crippen molar-refractivity contribution in [3.05, 3.63) is 53.8 Å². The molecule has 4 heteroatoms. The molecular weight excluding hydrogens is 257 g/mol. The first kappa shape index (κ1) is 14.2. The van der Waals surface area contributed by atoms with Gasteiger partial charge in [0.15, 0.2) is 11.6 Å². The van der Waals surface area contributed by atoms with Gasteiger partial charge in [-0.2, -0.15) is 0 Å². The molecule has 106 valence electrons. The Morgan fingerprint density at radius 2 is 1.60 bits per heavy atom. The van der Waals surface area contributed by atoms with E-state index < -0.39 is 0 Å². The van der Waals surface area contributed by atoms with E-state index in [0.29, 0.717) is 36.6 Å². The Kier molecular flexibility index (Phi) is 4.82. The Bertz CT molecular complexity index is 572. The Balaban J connectivity index is 1.75. The number of nitrogens with two attached hydrogens (primary N) is 1. The molecule has 0 atom stereocenters. The molecule has 0 saturated heterocycles. The van der Waals surface area contributed by atoms with Crippen LogP contribution in [0.15, 0.2) is 42.5 Å². The van der Waals surface area contributed by atoms with Crippen LogP contribution < -0.4 is 15.2 Å². The Morgan fingerprint density at radius 1 is 0.950 bits per heavy atom. The standard InChI is InChI=1S/C16H18FNO2/c1-12-6-4-9-15(16(12)17)20-11-5-10-19-14-8-3-2-7-13(14)18/h2-4,6-9H,5,10-11,18H2,1H3. The van der Waals surface area contributed by atoms with Crippen LogP contribution in [0.25, 0.3) is 0 Å². The molecule has 0 fully saturated rings. The van der Waals surface area contributed by atoms with Gasteiger partial charge in [-0.15, -0.1) is 0 Å². The van der Waals surface area contributed by atoms with Gasteiger partial charge in [0.25, 0.3) is 0 Å². The first-order valence-electron chi connectivity index (χ1n) is 6.53. The van der Waals surface area contributed by atoms with E-state index in [1.165, 1.54) is 0 Å². The number of benzene rings is 2. The smallest absolute Gasteiger partial charge is 0.167 e. The molecule has 0 spiro atoms. The van der Waals surface area contributed by atoms with Crippen molar-refractivity contribution in [3.8, 4) is 11.5 Å². The number of para-hydroxylation sites is 2. The van der Waals surface area contributed by atoms with E-state index in [9.17, 15) is 4.39 Å². The number of anilines is 1. The minimum absolute atomic E-state index is 0.282. The van der Waals surface area contributed by atoms with Crippen molar-refractivity contribution >= 4 is 5.69 Å². The van der Waals surface area contributed by atoms with E-state index in [1.807, 2.05) is 18.2 Å². The van der Waals surface area contributed by atoms with Gasteiger partial charge in [0, 0.05) is 6.42 Å². The minimum Gasteiger partial charge on any atom is -0.491 e. The van der Waals surface area contributed by atoms with Crippen LogP contribution in [0.3, 0.4) is 0 Å². The summed E-state index contributed by atoms with van der Waals surface area (Å²) < 4.78 is 24.6. The lowest BCUT2D eigenvalue weighted by atomic mass is 10.2. The average molecular weight is 275 g/mol. The van der Waals surface area contributed by atoms with Gasteiger partial charge in [-0.3, -0.25) is 0 Å². The number of ether oxygens (including phenoxy) is 2. The summed E-state index contributed by atoms with van der Waals surface area (Å²) in [5.74, 6) is 0.638. The average Bonchev–Trinajstić information content (AvgIpc) is 2.45. The van der Waals surface area contributed by atoms with E-state index in [0.717, 1.165) is 0 Å². The lowest BCUT2D eigenvalue weighted by molar-refractivity contribution is 0.241. The molecule has 0 radical (unpaired) electrons. The summed E-state index contributed by atoms with van der Waals surface area (Å²) in [6.07, 6.45) is 0.654. The fourth-order valence-electron chi connectivity index (χ4n) is 1.77. The molecule has 0 amide bonds. The lowest BCUT2D eigenvalue weighted by Gasteiger charge is -2.10. The fraction of sp³-hybridized carbons (Fsp3) is 0.250. The summed E-state index contributed by atoms with van der Waals surface area (Å²) in [5, 5.41) is 0. The number of aryl methyl sites for hydroxylation is 1. The minimum atomic E-state index is -0.305. The maximum atomic E-state index is 13.7. The predicted octanol–water partition coefficient (Wildman–Crippen LogP) is 3.56. The van der Waals surface area contributed by atoms with E-state index in [-0.39, 0.29) is 11.6 Å². The number of halogens is 1. The zero-order valence-electron chi connectivity index (χ0n) is 11.4. The Morgan fingerprint density at radius 3 is 2.35 bits per heavy atom. The van der Waals surface area contributed by atoms with E-state index in [2.05, 4.69) is 0 Å². The molecule has 0 aliphatic rings. The largest absolute Gasteiger partial charge is 0.491 e. The quantitative estimate of drug-likeness (QED) is 0.647. The Labute approximate surface area is 118 Å².